The van der Waals surface area contributed by atoms with E-state index in [1.807, 2.05) is 27.7 Å². The van der Waals surface area contributed by atoms with Crippen molar-refractivity contribution in [1.29, 1.82) is 0 Å². The molecule has 15 heavy (non-hydrogen) atoms. The van der Waals surface area contributed by atoms with Crippen LogP contribution in [0.4, 0.5) is 0 Å². The number of carboxylic acids is 1. The molecule has 1 rings (SSSR count). The van der Waals surface area contributed by atoms with Crippen molar-refractivity contribution < 1.29 is 9.90 Å². The lowest BCUT2D eigenvalue weighted by Gasteiger charge is -2.23. The van der Waals surface area contributed by atoms with Crippen molar-refractivity contribution in [2.75, 3.05) is 0 Å². The van der Waals surface area contributed by atoms with Gasteiger partial charge in [-0.15, -0.1) is 0 Å². The Bertz CT molecular complexity index is 361. The van der Waals surface area contributed by atoms with Gasteiger partial charge in [0.2, 0.25) is 0 Å². The van der Waals surface area contributed by atoms with Crippen LogP contribution in [0.5, 0.6) is 0 Å². The summed E-state index contributed by atoms with van der Waals surface area (Å²) in [6.07, 6.45) is 2.98. The van der Waals surface area contributed by atoms with Gasteiger partial charge in [-0.1, -0.05) is 13.3 Å². The molecule has 0 spiro atoms. The predicted molar refractivity (Wildman–Crippen MR) is 55.5 cm³/mol. The van der Waals surface area contributed by atoms with Crippen molar-refractivity contribution >= 4 is 5.97 Å². The standard InChI is InChI=1S/C11H18N2O2/c1-5-6-9-8(10(14)15)7-12-13(9)11(2,3)4/h7H,5-6H2,1-4H3,(H,14,15)/p-1. The molecule has 4 nitrogen and oxygen atoms in total. The number of aromatic nitrogens is 2. The lowest BCUT2D eigenvalue weighted by atomic mass is 10.1. The van der Waals surface area contributed by atoms with Crippen LogP contribution >= 0.6 is 0 Å². The number of aromatic carboxylic acids is 1. The van der Waals surface area contributed by atoms with Crippen molar-refractivity contribution in [3.8, 4) is 0 Å². The highest BCUT2D eigenvalue weighted by Crippen LogP contribution is 2.19. The van der Waals surface area contributed by atoms with Crippen LogP contribution < -0.4 is 5.11 Å². The number of rotatable bonds is 3. The first-order valence-corrected chi connectivity index (χ1v) is 5.16. The molecule has 0 unspecified atom stereocenters. The molecule has 0 amide bonds. The van der Waals surface area contributed by atoms with E-state index in [1.165, 1.54) is 6.20 Å². The van der Waals surface area contributed by atoms with Crippen molar-refractivity contribution in [2.45, 2.75) is 46.1 Å². The predicted octanol–water partition coefficient (Wildman–Crippen LogP) is 0.954. The van der Waals surface area contributed by atoms with Crippen LogP contribution in [-0.2, 0) is 12.0 Å². The summed E-state index contributed by atoms with van der Waals surface area (Å²) >= 11 is 0. The Morgan fingerprint density at radius 3 is 2.53 bits per heavy atom. The fraction of sp³-hybridized carbons (Fsp3) is 0.636. The molecule has 0 aliphatic heterocycles. The van der Waals surface area contributed by atoms with Crippen molar-refractivity contribution in [3.63, 3.8) is 0 Å². The molecule has 0 saturated heterocycles. The third kappa shape index (κ3) is 2.37. The number of carboxylic acid groups (broad SMARTS) is 1. The molecule has 0 bridgehead atoms. The summed E-state index contributed by atoms with van der Waals surface area (Å²) in [4.78, 5) is 10.9. The molecule has 84 valence electrons. The van der Waals surface area contributed by atoms with Crippen molar-refractivity contribution in [3.05, 3.63) is 17.5 Å². The summed E-state index contributed by atoms with van der Waals surface area (Å²) in [5, 5.41) is 15.0. The molecule has 0 fully saturated rings. The first-order valence-electron chi connectivity index (χ1n) is 5.16. The van der Waals surface area contributed by atoms with Gasteiger partial charge in [-0.05, 0) is 27.2 Å². The van der Waals surface area contributed by atoms with E-state index in [-0.39, 0.29) is 11.1 Å². The fourth-order valence-electron chi connectivity index (χ4n) is 1.60. The molecule has 0 aromatic carbocycles. The minimum Gasteiger partial charge on any atom is -0.545 e. The second kappa shape index (κ2) is 4.04. The zero-order valence-corrected chi connectivity index (χ0v) is 9.70. The van der Waals surface area contributed by atoms with Gasteiger partial charge < -0.3 is 9.90 Å². The average molecular weight is 209 g/mol. The lowest BCUT2D eigenvalue weighted by molar-refractivity contribution is -0.255. The zero-order valence-electron chi connectivity index (χ0n) is 9.70. The van der Waals surface area contributed by atoms with Crippen LogP contribution in [0, 0.1) is 0 Å². The van der Waals surface area contributed by atoms with Gasteiger partial charge in [-0.25, -0.2) is 0 Å². The van der Waals surface area contributed by atoms with Gasteiger partial charge in [0.05, 0.1) is 17.7 Å². The Balaban J connectivity index is 3.24. The maximum atomic E-state index is 10.9. The number of carbonyl (C=O) groups excluding carboxylic acids is 1. The topological polar surface area (TPSA) is 57.9 Å². The first kappa shape index (κ1) is 11.8. The summed E-state index contributed by atoms with van der Waals surface area (Å²) < 4.78 is 1.77. The summed E-state index contributed by atoms with van der Waals surface area (Å²) in [6.45, 7) is 8.01. The van der Waals surface area contributed by atoms with Gasteiger partial charge in [0.15, 0.2) is 0 Å². The number of hydrogen-bond acceptors (Lipinski definition) is 3. The summed E-state index contributed by atoms with van der Waals surface area (Å²) in [6, 6.07) is 0. The average Bonchev–Trinajstić information content (AvgIpc) is 2.47. The van der Waals surface area contributed by atoms with Crippen LogP contribution in [0.25, 0.3) is 0 Å². The van der Waals surface area contributed by atoms with Crippen LogP contribution in [0.2, 0.25) is 0 Å². The number of nitrogens with zero attached hydrogens (tertiary/aromatic N) is 2. The number of hydrogen-bond donors (Lipinski definition) is 0. The van der Waals surface area contributed by atoms with Crippen LogP contribution in [-0.4, -0.2) is 15.7 Å². The lowest BCUT2D eigenvalue weighted by Crippen LogP contribution is -2.28. The molecule has 0 radical (unpaired) electrons. The van der Waals surface area contributed by atoms with Crippen LogP contribution in [0.15, 0.2) is 6.20 Å². The Hall–Kier alpha value is -1.32. The van der Waals surface area contributed by atoms with Gasteiger partial charge in [0.25, 0.3) is 0 Å². The highest BCUT2D eigenvalue weighted by molar-refractivity contribution is 5.86. The Labute approximate surface area is 89.9 Å². The van der Waals surface area contributed by atoms with E-state index >= 15 is 0 Å². The third-order valence-corrected chi connectivity index (χ3v) is 2.21. The molecular weight excluding hydrogens is 192 g/mol. The van der Waals surface area contributed by atoms with Gasteiger partial charge in [0.1, 0.15) is 0 Å². The number of carbonyl (C=O) groups is 1. The Morgan fingerprint density at radius 1 is 1.53 bits per heavy atom. The van der Waals surface area contributed by atoms with Gasteiger partial charge in [0, 0.05) is 11.3 Å². The summed E-state index contributed by atoms with van der Waals surface area (Å²) in [5.74, 6) is -1.14. The molecule has 0 N–H and O–H groups in total. The van der Waals surface area contributed by atoms with Crippen molar-refractivity contribution in [2.24, 2.45) is 0 Å². The molecule has 1 heterocycles. The Morgan fingerprint density at radius 2 is 2.13 bits per heavy atom. The van der Waals surface area contributed by atoms with E-state index in [2.05, 4.69) is 5.10 Å². The second-order valence-corrected chi connectivity index (χ2v) is 4.63. The molecule has 1 aromatic rings. The molecule has 1 aromatic heterocycles. The monoisotopic (exact) mass is 209 g/mol. The van der Waals surface area contributed by atoms with Crippen LogP contribution in [0.1, 0.15) is 50.2 Å². The van der Waals surface area contributed by atoms with E-state index in [0.717, 1.165) is 12.1 Å². The van der Waals surface area contributed by atoms with E-state index in [1.54, 1.807) is 4.68 Å². The molecular formula is C11H17N2O2-. The fourth-order valence-corrected chi connectivity index (χ4v) is 1.60. The minimum atomic E-state index is -1.14. The Kier molecular flexibility index (Phi) is 3.17. The molecule has 0 atom stereocenters. The minimum absolute atomic E-state index is 0.196. The van der Waals surface area contributed by atoms with E-state index < -0.39 is 5.97 Å². The van der Waals surface area contributed by atoms with Crippen molar-refractivity contribution in [1.82, 2.24) is 9.78 Å². The second-order valence-electron chi connectivity index (χ2n) is 4.63. The SMILES string of the molecule is CCCc1c(C(=O)[O-])cnn1C(C)(C)C. The highest BCUT2D eigenvalue weighted by Gasteiger charge is 2.20. The van der Waals surface area contributed by atoms with Gasteiger partial charge in [-0.3, -0.25) is 4.68 Å². The smallest absolute Gasteiger partial charge is 0.0749 e. The molecule has 0 aliphatic rings. The normalized spacial score (nSPS) is 11.7. The highest BCUT2D eigenvalue weighted by atomic mass is 16.4. The van der Waals surface area contributed by atoms with E-state index in [4.69, 9.17) is 0 Å². The first-order chi connectivity index (χ1) is 6.88. The molecule has 0 aliphatic carbocycles. The summed E-state index contributed by atoms with van der Waals surface area (Å²) in [5.41, 5.74) is 0.773. The van der Waals surface area contributed by atoms with E-state index in [9.17, 15) is 9.90 Å². The summed E-state index contributed by atoms with van der Waals surface area (Å²) in [7, 11) is 0. The third-order valence-electron chi connectivity index (χ3n) is 2.21. The van der Waals surface area contributed by atoms with E-state index in [0.29, 0.717) is 6.42 Å². The van der Waals surface area contributed by atoms with Crippen LogP contribution in [0.3, 0.4) is 0 Å². The molecule has 0 saturated carbocycles. The molecule has 4 heteroatoms. The van der Waals surface area contributed by atoms with Gasteiger partial charge in [-0.2, -0.15) is 5.10 Å². The largest absolute Gasteiger partial charge is 0.545 e. The maximum absolute atomic E-state index is 10.9. The maximum Gasteiger partial charge on any atom is 0.0749 e. The van der Waals surface area contributed by atoms with Gasteiger partial charge >= 0.3 is 0 Å². The quantitative estimate of drug-likeness (QED) is 0.744. The zero-order chi connectivity index (χ0) is 11.6.